The lowest BCUT2D eigenvalue weighted by molar-refractivity contribution is 0.669. The van der Waals surface area contributed by atoms with Crippen LogP contribution in [0.5, 0.6) is 0 Å². The van der Waals surface area contributed by atoms with Gasteiger partial charge in [-0.05, 0) is 63.4 Å². The Labute approximate surface area is 271 Å². The Morgan fingerprint density at radius 1 is 0.298 bits per heavy atom. The molecule has 0 bridgehead atoms. The van der Waals surface area contributed by atoms with Crippen molar-refractivity contribution in [2.45, 2.75) is 0 Å². The first-order valence-corrected chi connectivity index (χ1v) is 15.7. The summed E-state index contributed by atoms with van der Waals surface area (Å²) in [6.45, 7) is 0. The quantitative estimate of drug-likeness (QED) is 0.197. The standard InChI is InChI=1S/C43H27N3O/c1-3-9-28(10-4-1)30-15-17-31(18-16-30)41-44-42(35-22-21-33-25-32(19-20-34(33)26-35)29-11-5-2-6-12-29)46-43(45-41)36-23-24-38-37-13-7-8-14-39(37)47-40(38)27-36/h1-27H. The third-order valence-corrected chi connectivity index (χ3v) is 8.73. The Kier molecular flexibility index (Phi) is 6.43. The number of fused-ring (bicyclic) bond motifs is 4. The van der Waals surface area contributed by atoms with Crippen molar-refractivity contribution in [3.63, 3.8) is 0 Å². The van der Waals surface area contributed by atoms with Gasteiger partial charge in [0.1, 0.15) is 11.2 Å². The number of nitrogens with zero attached hydrogens (tertiary/aromatic N) is 3. The van der Waals surface area contributed by atoms with Crippen LogP contribution in [-0.2, 0) is 0 Å². The van der Waals surface area contributed by atoms with Crippen LogP contribution in [0.2, 0.25) is 0 Å². The van der Waals surface area contributed by atoms with Crippen LogP contribution >= 0.6 is 0 Å². The summed E-state index contributed by atoms with van der Waals surface area (Å²) in [6.07, 6.45) is 0. The number of para-hydroxylation sites is 1. The molecule has 0 aliphatic carbocycles. The predicted octanol–water partition coefficient (Wildman–Crippen LogP) is 11.3. The molecule has 0 aliphatic heterocycles. The molecule has 0 spiro atoms. The fourth-order valence-electron chi connectivity index (χ4n) is 6.27. The van der Waals surface area contributed by atoms with Gasteiger partial charge in [0, 0.05) is 27.5 Å². The van der Waals surface area contributed by atoms with E-state index >= 15 is 0 Å². The van der Waals surface area contributed by atoms with Crippen LogP contribution in [0.3, 0.4) is 0 Å². The number of hydrogen-bond donors (Lipinski definition) is 0. The van der Waals surface area contributed by atoms with Crippen molar-refractivity contribution in [1.82, 2.24) is 15.0 Å². The van der Waals surface area contributed by atoms with Crippen LogP contribution < -0.4 is 0 Å². The molecule has 0 unspecified atom stereocenters. The van der Waals surface area contributed by atoms with Crippen LogP contribution in [0.25, 0.3) is 89.1 Å². The molecule has 220 valence electrons. The first kappa shape index (κ1) is 27.0. The second-order valence-corrected chi connectivity index (χ2v) is 11.7. The highest BCUT2D eigenvalue weighted by Crippen LogP contribution is 2.34. The van der Waals surface area contributed by atoms with Gasteiger partial charge in [-0.1, -0.05) is 133 Å². The summed E-state index contributed by atoms with van der Waals surface area (Å²) in [6, 6.07) is 56.5. The molecule has 0 saturated carbocycles. The normalized spacial score (nSPS) is 11.4. The number of aromatic nitrogens is 3. The molecular formula is C43H27N3O. The van der Waals surface area contributed by atoms with Crippen molar-refractivity contribution in [2.24, 2.45) is 0 Å². The van der Waals surface area contributed by atoms with Crippen molar-refractivity contribution in [3.05, 3.63) is 164 Å². The molecule has 2 aromatic heterocycles. The van der Waals surface area contributed by atoms with Gasteiger partial charge < -0.3 is 4.42 Å². The molecule has 47 heavy (non-hydrogen) atoms. The maximum atomic E-state index is 6.22. The molecule has 7 aromatic carbocycles. The van der Waals surface area contributed by atoms with Crippen LogP contribution in [0, 0.1) is 0 Å². The van der Waals surface area contributed by atoms with E-state index in [-0.39, 0.29) is 0 Å². The van der Waals surface area contributed by atoms with Gasteiger partial charge in [-0.25, -0.2) is 15.0 Å². The fraction of sp³-hybridized carbons (Fsp3) is 0. The molecule has 0 N–H and O–H groups in total. The van der Waals surface area contributed by atoms with E-state index in [2.05, 4.69) is 127 Å². The summed E-state index contributed by atoms with van der Waals surface area (Å²) in [5.74, 6) is 1.84. The van der Waals surface area contributed by atoms with Crippen molar-refractivity contribution >= 4 is 32.7 Å². The smallest absolute Gasteiger partial charge is 0.164 e. The van der Waals surface area contributed by atoms with Gasteiger partial charge in [0.2, 0.25) is 0 Å². The summed E-state index contributed by atoms with van der Waals surface area (Å²) >= 11 is 0. The van der Waals surface area contributed by atoms with Crippen molar-refractivity contribution in [1.29, 1.82) is 0 Å². The number of benzene rings is 7. The Balaban J connectivity index is 1.17. The highest BCUT2D eigenvalue weighted by atomic mass is 16.3. The third kappa shape index (κ3) is 5.02. The minimum atomic E-state index is 0.596. The fourth-order valence-corrected chi connectivity index (χ4v) is 6.27. The minimum absolute atomic E-state index is 0.596. The average molecular weight is 602 g/mol. The molecule has 0 aliphatic rings. The molecular weight excluding hydrogens is 574 g/mol. The van der Waals surface area contributed by atoms with E-state index < -0.39 is 0 Å². The molecule has 0 radical (unpaired) electrons. The summed E-state index contributed by atoms with van der Waals surface area (Å²) < 4.78 is 6.22. The van der Waals surface area contributed by atoms with Gasteiger partial charge in [0.15, 0.2) is 17.5 Å². The lowest BCUT2D eigenvalue weighted by atomic mass is 10.00. The van der Waals surface area contributed by atoms with Gasteiger partial charge in [0.05, 0.1) is 0 Å². The maximum Gasteiger partial charge on any atom is 0.164 e. The molecule has 2 heterocycles. The van der Waals surface area contributed by atoms with E-state index in [1.54, 1.807) is 0 Å². The first-order chi connectivity index (χ1) is 23.2. The van der Waals surface area contributed by atoms with Gasteiger partial charge in [0.25, 0.3) is 0 Å². The number of hydrogen-bond acceptors (Lipinski definition) is 4. The summed E-state index contributed by atoms with van der Waals surface area (Å²) in [4.78, 5) is 15.1. The van der Waals surface area contributed by atoms with Gasteiger partial charge in [-0.2, -0.15) is 0 Å². The van der Waals surface area contributed by atoms with Gasteiger partial charge >= 0.3 is 0 Å². The third-order valence-electron chi connectivity index (χ3n) is 8.73. The van der Waals surface area contributed by atoms with Gasteiger partial charge in [-0.3, -0.25) is 0 Å². The Bertz CT molecular complexity index is 2550. The monoisotopic (exact) mass is 601 g/mol. The van der Waals surface area contributed by atoms with Crippen molar-refractivity contribution in [3.8, 4) is 56.4 Å². The topological polar surface area (TPSA) is 51.8 Å². The number of furan rings is 1. The predicted molar refractivity (Wildman–Crippen MR) is 192 cm³/mol. The minimum Gasteiger partial charge on any atom is -0.456 e. The zero-order valence-electron chi connectivity index (χ0n) is 25.3. The molecule has 0 atom stereocenters. The lowest BCUT2D eigenvalue weighted by Gasteiger charge is -2.10. The van der Waals surface area contributed by atoms with E-state index in [1.807, 2.05) is 36.4 Å². The van der Waals surface area contributed by atoms with Crippen LogP contribution in [0.1, 0.15) is 0 Å². The average Bonchev–Trinajstić information content (AvgIpc) is 3.53. The van der Waals surface area contributed by atoms with Crippen LogP contribution in [-0.4, -0.2) is 15.0 Å². The van der Waals surface area contributed by atoms with Gasteiger partial charge in [-0.15, -0.1) is 0 Å². The second-order valence-electron chi connectivity index (χ2n) is 11.7. The highest BCUT2D eigenvalue weighted by molar-refractivity contribution is 6.05. The maximum absolute atomic E-state index is 6.22. The van der Waals surface area contributed by atoms with Crippen LogP contribution in [0.15, 0.2) is 168 Å². The van der Waals surface area contributed by atoms with E-state index in [4.69, 9.17) is 19.4 Å². The SMILES string of the molecule is c1ccc(-c2ccc(-c3nc(-c4ccc5cc(-c6ccccc6)ccc5c4)nc(-c4ccc5c(c4)oc4ccccc45)n3)cc2)cc1. The Morgan fingerprint density at radius 3 is 1.45 bits per heavy atom. The molecule has 9 aromatic rings. The Morgan fingerprint density at radius 2 is 0.745 bits per heavy atom. The second kappa shape index (κ2) is 11.2. The molecule has 0 saturated heterocycles. The highest BCUT2D eigenvalue weighted by Gasteiger charge is 2.15. The van der Waals surface area contributed by atoms with Crippen molar-refractivity contribution < 1.29 is 4.42 Å². The Hall–Kier alpha value is -6.39. The first-order valence-electron chi connectivity index (χ1n) is 15.7. The zero-order valence-corrected chi connectivity index (χ0v) is 25.3. The summed E-state index contributed by atoms with van der Waals surface area (Å²) in [5.41, 5.74) is 9.09. The van der Waals surface area contributed by atoms with E-state index in [9.17, 15) is 0 Å². The van der Waals surface area contributed by atoms with Crippen molar-refractivity contribution in [2.75, 3.05) is 0 Å². The molecule has 0 amide bonds. The van der Waals surface area contributed by atoms with E-state index in [0.717, 1.165) is 55.0 Å². The zero-order chi connectivity index (χ0) is 31.2. The van der Waals surface area contributed by atoms with E-state index in [0.29, 0.717) is 17.5 Å². The lowest BCUT2D eigenvalue weighted by Crippen LogP contribution is -2.00. The molecule has 9 rings (SSSR count). The van der Waals surface area contributed by atoms with Crippen LogP contribution in [0.4, 0.5) is 0 Å². The summed E-state index contributed by atoms with van der Waals surface area (Å²) in [5, 5.41) is 4.45. The molecule has 4 heteroatoms. The largest absolute Gasteiger partial charge is 0.456 e. The molecule has 0 fully saturated rings. The summed E-state index contributed by atoms with van der Waals surface area (Å²) in [7, 11) is 0. The molecule has 4 nitrogen and oxygen atoms in total. The number of rotatable bonds is 5. The van der Waals surface area contributed by atoms with E-state index in [1.165, 1.54) is 16.7 Å².